The predicted molar refractivity (Wildman–Crippen MR) is 80.0 cm³/mol. The number of urea groups is 2. The summed E-state index contributed by atoms with van der Waals surface area (Å²) in [4.78, 5) is 48.2. The van der Waals surface area contributed by atoms with Crippen molar-refractivity contribution in [2.75, 3.05) is 6.54 Å². The van der Waals surface area contributed by atoms with Gasteiger partial charge in [0.25, 0.3) is 5.91 Å². The Bertz CT molecular complexity index is 477. The van der Waals surface area contributed by atoms with Crippen molar-refractivity contribution in [3.05, 3.63) is 0 Å². The molecule has 0 aromatic rings. The van der Waals surface area contributed by atoms with Crippen molar-refractivity contribution in [3.8, 4) is 0 Å². The molecule has 22 heavy (non-hydrogen) atoms. The highest BCUT2D eigenvalue weighted by atomic mass is 16.2. The van der Waals surface area contributed by atoms with Crippen molar-refractivity contribution in [3.63, 3.8) is 0 Å². The molecule has 1 unspecified atom stereocenters. The molecule has 0 aromatic carbocycles. The van der Waals surface area contributed by atoms with Crippen LogP contribution in [-0.4, -0.2) is 46.9 Å². The third-order valence-electron chi connectivity index (χ3n) is 3.35. The van der Waals surface area contributed by atoms with Crippen LogP contribution in [0.1, 0.15) is 47.0 Å². The topological polar surface area (TPSA) is 108 Å². The molecule has 8 heteroatoms. The predicted octanol–water partition coefficient (Wildman–Crippen LogP) is 0.721. The van der Waals surface area contributed by atoms with Crippen molar-refractivity contribution in [1.82, 2.24) is 20.9 Å². The largest absolute Gasteiger partial charge is 0.336 e. The molecule has 1 rings (SSSR count). The number of nitrogens with zero attached hydrogens (tertiary/aromatic N) is 1. The highest BCUT2D eigenvalue weighted by Gasteiger charge is 2.47. The van der Waals surface area contributed by atoms with Crippen LogP contribution in [0.25, 0.3) is 0 Å². The quantitative estimate of drug-likeness (QED) is 0.628. The fourth-order valence-corrected chi connectivity index (χ4v) is 2.20. The van der Waals surface area contributed by atoms with E-state index in [0.717, 1.165) is 17.7 Å². The van der Waals surface area contributed by atoms with Crippen LogP contribution in [0.15, 0.2) is 0 Å². The van der Waals surface area contributed by atoms with Crippen molar-refractivity contribution in [2.45, 2.75) is 58.5 Å². The van der Waals surface area contributed by atoms with E-state index >= 15 is 0 Å². The molecular weight excluding hydrogens is 288 g/mol. The summed E-state index contributed by atoms with van der Waals surface area (Å²) < 4.78 is 0. The second-order valence-corrected chi connectivity index (χ2v) is 5.93. The Morgan fingerprint density at radius 2 is 1.95 bits per heavy atom. The lowest BCUT2D eigenvalue weighted by Gasteiger charge is -2.21. The minimum atomic E-state index is -0.979. The SMILES string of the molecule is CCCCC1(C)NC(=O)N(CC(=O)NC(=O)NC(C)C)C1=O. The van der Waals surface area contributed by atoms with Gasteiger partial charge in [-0.15, -0.1) is 0 Å². The molecule has 3 N–H and O–H groups in total. The maximum Gasteiger partial charge on any atom is 0.325 e. The molecule has 1 fully saturated rings. The molecule has 6 amide bonds. The molecule has 1 atom stereocenters. The molecule has 124 valence electrons. The van der Waals surface area contributed by atoms with Crippen LogP contribution < -0.4 is 16.0 Å². The van der Waals surface area contributed by atoms with Crippen molar-refractivity contribution in [1.29, 1.82) is 0 Å². The van der Waals surface area contributed by atoms with Crippen LogP contribution in [-0.2, 0) is 9.59 Å². The van der Waals surface area contributed by atoms with E-state index in [0.29, 0.717) is 6.42 Å². The first-order chi connectivity index (χ1) is 10.2. The molecular formula is C14H24N4O4. The van der Waals surface area contributed by atoms with Crippen molar-refractivity contribution < 1.29 is 19.2 Å². The summed E-state index contributed by atoms with van der Waals surface area (Å²) in [5.74, 6) is -1.15. The molecule has 0 aliphatic carbocycles. The average molecular weight is 312 g/mol. The van der Waals surface area contributed by atoms with Gasteiger partial charge in [0.05, 0.1) is 0 Å². The summed E-state index contributed by atoms with van der Waals surface area (Å²) in [7, 11) is 0. The first-order valence-corrected chi connectivity index (χ1v) is 7.44. The summed E-state index contributed by atoms with van der Waals surface area (Å²) in [6.45, 7) is 6.66. The molecule has 1 heterocycles. The first kappa shape index (κ1) is 17.9. The van der Waals surface area contributed by atoms with Gasteiger partial charge in [0.2, 0.25) is 5.91 Å². The van der Waals surface area contributed by atoms with Gasteiger partial charge in [0.15, 0.2) is 0 Å². The van der Waals surface area contributed by atoms with Crippen LogP contribution >= 0.6 is 0 Å². The Labute approximate surface area is 130 Å². The number of hydrogen-bond acceptors (Lipinski definition) is 4. The Morgan fingerprint density at radius 3 is 2.50 bits per heavy atom. The molecule has 1 aliphatic rings. The molecule has 0 radical (unpaired) electrons. The maximum absolute atomic E-state index is 12.3. The summed E-state index contributed by atoms with van der Waals surface area (Å²) in [6, 6.07) is -1.38. The van der Waals surface area contributed by atoms with Crippen LogP contribution in [0, 0.1) is 0 Å². The molecule has 0 saturated carbocycles. The normalized spacial score (nSPS) is 21.0. The van der Waals surface area contributed by atoms with Gasteiger partial charge in [0.1, 0.15) is 12.1 Å². The lowest BCUT2D eigenvalue weighted by molar-refractivity contribution is -0.134. The number of hydrogen-bond donors (Lipinski definition) is 3. The van der Waals surface area contributed by atoms with Gasteiger partial charge in [-0.2, -0.15) is 0 Å². The van der Waals surface area contributed by atoms with E-state index in [2.05, 4.69) is 16.0 Å². The number of carbonyl (C=O) groups is 4. The number of imide groups is 2. The van der Waals surface area contributed by atoms with Crippen molar-refractivity contribution in [2.24, 2.45) is 0 Å². The minimum absolute atomic E-state index is 0.123. The fourth-order valence-electron chi connectivity index (χ4n) is 2.20. The Balaban J connectivity index is 2.62. The number of carbonyl (C=O) groups excluding carboxylic acids is 4. The molecule has 8 nitrogen and oxygen atoms in total. The van der Waals surface area contributed by atoms with Crippen LogP contribution in [0.4, 0.5) is 9.59 Å². The number of nitrogens with one attached hydrogen (secondary N) is 3. The monoisotopic (exact) mass is 312 g/mol. The lowest BCUT2D eigenvalue weighted by Crippen LogP contribution is -2.48. The third-order valence-corrected chi connectivity index (χ3v) is 3.35. The van der Waals surface area contributed by atoms with Crippen LogP contribution in [0.2, 0.25) is 0 Å². The van der Waals surface area contributed by atoms with Crippen molar-refractivity contribution >= 4 is 23.9 Å². The second-order valence-electron chi connectivity index (χ2n) is 5.93. The van der Waals surface area contributed by atoms with Gasteiger partial charge >= 0.3 is 12.1 Å². The maximum atomic E-state index is 12.3. The highest BCUT2D eigenvalue weighted by molar-refractivity contribution is 6.09. The van der Waals surface area contributed by atoms with Gasteiger partial charge in [-0.05, 0) is 27.2 Å². The lowest BCUT2D eigenvalue weighted by atomic mass is 9.95. The van der Waals surface area contributed by atoms with E-state index in [1.54, 1.807) is 20.8 Å². The van der Waals surface area contributed by atoms with Gasteiger partial charge in [-0.3, -0.25) is 19.8 Å². The smallest absolute Gasteiger partial charge is 0.325 e. The second kappa shape index (κ2) is 7.24. The Kier molecular flexibility index (Phi) is 5.90. The molecule has 0 aromatic heterocycles. The van der Waals surface area contributed by atoms with Gasteiger partial charge in [0, 0.05) is 6.04 Å². The van der Waals surface area contributed by atoms with E-state index in [1.807, 2.05) is 6.92 Å². The summed E-state index contributed by atoms with van der Waals surface area (Å²) in [5, 5.41) is 7.19. The first-order valence-electron chi connectivity index (χ1n) is 7.44. The number of rotatable bonds is 6. The van der Waals surface area contributed by atoms with E-state index in [1.165, 1.54) is 0 Å². The van der Waals surface area contributed by atoms with E-state index in [-0.39, 0.29) is 6.04 Å². The van der Waals surface area contributed by atoms with Gasteiger partial charge < -0.3 is 10.6 Å². The Hall–Kier alpha value is -2.12. The van der Waals surface area contributed by atoms with Crippen LogP contribution in [0.5, 0.6) is 0 Å². The average Bonchev–Trinajstić information content (AvgIpc) is 2.59. The zero-order chi connectivity index (χ0) is 16.9. The molecule has 0 bridgehead atoms. The van der Waals surface area contributed by atoms with Gasteiger partial charge in [-0.1, -0.05) is 19.8 Å². The molecule has 0 spiro atoms. The van der Waals surface area contributed by atoms with E-state index in [4.69, 9.17) is 0 Å². The standard InChI is InChI=1S/C14H24N4O4/c1-5-6-7-14(4)11(20)18(13(22)17-14)8-10(19)16-12(21)15-9(2)3/h9H,5-8H2,1-4H3,(H,17,22)(H2,15,16,19,21). The third kappa shape index (κ3) is 4.44. The summed E-state index contributed by atoms with van der Waals surface area (Å²) >= 11 is 0. The number of unbranched alkanes of at least 4 members (excludes halogenated alkanes) is 1. The van der Waals surface area contributed by atoms with E-state index < -0.39 is 36.0 Å². The minimum Gasteiger partial charge on any atom is -0.336 e. The van der Waals surface area contributed by atoms with Crippen LogP contribution in [0.3, 0.4) is 0 Å². The zero-order valence-corrected chi connectivity index (χ0v) is 13.5. The molecule has 1 aliphatic heterocycles. The molecule has 1 saturated heterocycles. The summed E-state index contributed by atoms with van der Waals surface area (Å²) in [5.41, 5.74) is -0.979. The zero-order valence-electron chi connectivity index (χ0n) is 13.5. The van der Waals surface area contributed by atoms with Gasteiger partial charge in [-0.25, -0.2) is 9.59 Å². The number of amides is 6. The Morgan fingerprint density at radius 1 is 1.32 bits per heavy atom. The fraction of sp³-hybridized carbons (Fsp3) is 0.714. The highest BCUT2D eigenvalue weighted by Crippen LogP contribution is 2.23. The summed E-state index contributed by atoms with van der Waals surface area (Å²) in [6.07, 6.45) is 2.20. The van der Waals surface area contributed by atoms with E-state index in [9.17, 15) is 19.2 Å².